The third kappa shape index (κ3) is 5.35. The summed E-state index contributed by atoms with van der Waals surface area (Å²) in [6, 6.07) is 20.1. The largest absolute Gasteiger partial charge is 0.493 e. The summed E-state index contributed by atoms with van der Waals surface area (Å²) in [6.07, 6.45) is 12.7. The Morgan fingerprint density at radius 1 is 0.967 bits per heavy atom. The Hall–Kier alpha value is -3.86. The van der Waals surface area contributed by atoms with Gasteiger partial charge in [-0.15, -0.1) is 0 Å². The van der Waals surface area contributed by atoms with E-state index in [1.165, 1.54) is 0 Å². The van der Waals surface area contributed by atoms with E-state index in [4.69, 9.17) is 4.74 Å². The Morgan fingerprint density at radius 2 is 1.93 bits per heavy atom. The van der Waals surface area contributed by atoms with Crippen LogP contribution >= 0.6 is 0 Å². The lowest BCUT2D eigenvalue weighted by molar-refractivity contribution is 0.320. The molecular formula is C25H24N4O. The van der Waals surface area contributed by atoms with Gasteiger partial charge in [0.1, 0.15) is 5.75 Å². The van der Waals surface area contributed by atoms with Crippen molar-refractivity contribution in [3.63, 3.8) is 0 Å². The van der Waals surface area contributed by atoms with Gasteiger partial charge in [-0.05, 0) is 66.3 Å². The molecule has 0 aliphatic rings. The van der Waals surface area contributed by atoms with E-state index < -0.39 is 0 Å². The van der Waals surface area contributed by atoms with Crippen molar-refractivity contribution < 1.29 is 4.74 Å². The molecule has 0 spiro atoms. The fourth-order valence-electron chi connectivity index (χ4n) is 3.06. The van der Waals surface area contributed by atoms with Gasteiger partial charge in [0.2, 0.25) is 0 Å². The van der Waals surface area contributed by atoms with Gasteiger partial charge in [-0.25, -0.2) is 0 Å². The summed E-state index contributed by atoms with van der Waals surface area (Å²) in [5, 5.41) is 7.40. The molecule has 5 heteroatoms. The maximum Gasteiger partial charge on any atom is 0.119 e. The molecule has 0 amide bonds. The number of nitrogens with one attached hydrogen (secondary N) is 1. The minimum absolute atomic E-state index is 0.598. The average Bonchev–Trinajstić information content (AvgIpc) is 3.40. The van der Waals surface area contributed by atoms with E-state index in [0.29, 0.717) is 6.61 Å². The quantitative estimate of drug-likeness (QED) is 0.450. The molecule has 0 atom stereocenters. The Kier molecular flexibility index (Phi) is 6.20. The summed E-state index contributed by atoms with van der Waals surface area (Å²) >= 11 is 0. The van der Waals surface area contributed by atoms with Crippen LogP contribution in [0.15, 0.2) is 73.1 Å². The predicted molar refractivity (Wildman–Crippen MR) is 122 cm³/mol. The van der Waals surface area contributed by atoms with Crippen LogP contribution in [-0.4, -0.2) is 26.4 Å². The maximum atomic E-state index is 5.88. The molecular weight excluding hydrogens is 372 g/mol. The van der Waals surface area contributed by atoms with Gasteiger partial charge < -0.3 is 9.30 Å². The number of nitrogens with zero attached hydrogens (tertiary/aromatic N) is 3. The fraction of sp³-hybridized carbons (Fsp3) is 0.120. The molecule has 0 aliphatic heterocycles. The van der Waals surface area contributed by atoms with E-state index in [2.05, 4.69) is 31.9 Å². The van der Waals surface area contributed by atoms with Gasteiger partial charge in [0.05, 0.1) is 18.0 Å². The number of aromatic nitrogens is 4. The van der Waals surface area contributed by atoms with Crippen molar-refractivity contribution in [1.82, 2.24) is 19.7 Å². The van der Waals surface area contributed by atoms with Crippen LogP contribution in [0.2, 0.25) is 0 Å². The first-order chi connectivity index (χ1) is 14.8. The summed E-state index contributed by atoms with van der Waals surface area (Å²) in [5.74, 6) is 0.848. The number of benzene rings is 1. The van der Waals surface area contributed by atoms with Gasteiger partial charge in [0.25, 0.3) is 0 Å². The third-order valence-corrected chi connectivity index (χ3v) is 4.69. The third-order valence-electron chi connectivity index (χ3n) is 4.69. The van der Waals surface area contributed by atoms with E-state index in [9.17, 15) is 0 Å². The smallest absolute Gasteiger partial charge is 0.119 e. The first-order valence-corrected chi connectivity index (χ1v) is 9.92. The van der Waals surface area contributed by atoms with E-state index in [1.54, 1.807) is 6.20 Å². The van der Waals surface area contributed by atoms with Crippen molar-refractivity contribution in [2.45, 2.75) is 6.42 Å². The van der Waals surface area contributed by atoms with Crippen LogP contribution in [0.1, 0.15) is 28.3 Å². The number of H-pyrrole nitrogens is 1. The Balaban J connectivity index is 1.34. The molecule has 5 nitrogen and oxygen atoms in total. The molecule has 4 aromatic rings. The molecule has 4 rings (SSSR count). The minimum Gasteiger partial charge on any atom is -0.493 e. The van der Waals surface area contributed by atoms with Crippen molar-refractivity contribution in [3.8, 4) is 5.75 Å². The van der Waals surface area contributed by atoms with Gasteiger partial charge in [0.15, 0.2) is 0 Å². The molecule has 0 bridgehead atoms. The first-order valence-electron chi connectivity index (χ1n) is 9.92. The van der Waals surface area contributed by atoms with Crippen LogP contribution in [0.5, 0.6) is 5.75 Å². The zero-order chi connectivity index (χ0) is 20.6. The van der Waals surface area contributed by atoms with Gasteiger partial charge in [-0.3, -0.25) is 10.1 Å². The Labute approximate surface area is 176 Å². The second kappa shape index (κ2) is 9.56. The summed E-state index contributed by atoms with van der Waals surface area (Å²) in [4.78, 5) is 4.32. The van der Waals surface area contributed by atoms with Gasteiger partial charge in [0, 0.05) is 37.3 Å². The number of aryl methyl sites for hydroxylation is 1. The second-order valence-electron chi connectivity index (χ2n) is 6.95. The van der Waals surface area contributed by atoms with Crippen molar-refractivity contribution in [2.24, 2.45) is 7.05 Å². The fourth-order valence-corrected chi connectivity index (χ4v) is 3.06. The van der Waals surface area contributed by atoms with Crippen molar-refractivity contribution in [3.05, 3.63) is 101 Å². The van der Waals surface area contributed by atoms with Crippen LogP contribution in [0.3, 0.4) is 0 Å². The zero-order valence-electron chi connectivity index (χ0n) is 16.9. The molecule has 30 heavy (non-hydrogen) atoms. The van der Waals surface area contributed by atoms with Crippen LogP contribution in [-0.2, 0) is 13.5 Å². The molecule has 1 aromatic carbocycles. The van der Waals surface area contributed by atoms with Crippen molar-refractivity contribution >= 4 is 24.3 Å². The SMILES string of the molecule is Cn1cccc1/C=C/c1cc(C=Cc2cccc(OCCc3ccccn3)c2)n[nH]1. The predicted octanol–water partition coefficient (Wildman–Crippen LogP) is 5.11. The number of aromatic amines is 1. The van der Waals surface area contributed by atoms with E-state index in [0.717, 1.165) is 40.5 Å². The monoisotopic (exact) mass is 396 g/mol. The average molecular weight is 396 g/mol. The number of pyridine rings is 1. The molecule has 0 aliphatic carbocycles. The molecule has 0 radical (unpaired) electrons. The molecule has 3 aromatic heterocycles. The first kappa shape index (κ1) is 19.5. The molecule has 3 heterocycles. The molecule has 0 saturated heterocycles. The van der Waals surface area contributed by atoms with Gasteiger partial charge in [-0.1, -0.05) is 24.3 Å². The topological polar surface area (TPSA) is 55.7 Å². The molecule has 1 N–H and O–H groups in total. The zero-order valence-corrected chi connectivity index (χ0v) is 16.9. The molecule has 0 fully saturated rings. The highest BCUT2D eigenvalue weighted by molar-refractivity contribution is 5.71. The van der Waals surface area contributed by atoms with Crippen LogP contribution in [0, 0.1) is 0 Å². The summed E-state index contributed by atoms with van der Waals surface area (Å²) < 4.78 is 7.95. The highest BCUT2D eigenvalue weighted by Gasteiger charge is 1.99. The summed E-state index contributed by atoms with van der Waals surface area (Å²) in [5.41, 5.74) is 5.07. The number of hydrogen-bond donors (Lipinski definition) is 1. The summed E-state index contributed by atoms with van der Waals surface area (Å²) in [7, 11) is 2.02. The van der Waals surface area contributed by atoms with E-state index in [-0.39, 0.29) is 0 Å². The highest BCUT2D eigenvalue weighted by Crippen LogP contribution is 2.16. The van der Waals surface area contributed by atoms with Gasteiger partial charge >= 0.3 is 0 Å². The lowest BCUT2D eigenvalue weighted by Crippen LogP contribution is -2.02. The van der Waals surface area contributed by atoms with Crippen LogP contribution in [0.25, 0.3) is 24.3 Å². The minimum atomic E-state index is 0.598. The highest BCUT2D eigenvalue weighted by atomic mass is 16.5. The lowest BCUT2D eigenvalue weighted by atomic mass is 10.2. The standard InChI is InChI=1S/C25H24N4O/c1-29-16-5-8-24(29)13-12-23-19-22(27-28-23)11-10-20-6-4-9-25(18-20)30-17-14-21-7-2-3-15-26-21/h2-13,15-16,18-19H,14,17H2,1H3,(H,27,28)/b11-10?,13-12+. The number of ether oxygens (including phenoxy) is 1. The maximum absolute atomic E-state index is 5.88. The second-order valence-corrected chi connectivity index (χ2v) is 6.95. The van der Waals surface area contributed by atoms with E-state index in [1.807, 2.05) is 86.1 Å². The lowest BCUT2D eigenvalue weighted by Gasteiger charge is -2.06. The van der Waals surface area contributed by atoms with E-state index >= 15 is 0 Å². The van der Waals surface area contributed by atoms with Gasteiger partial charge in [-0.2, -0.15) is 5.10 Å². The molecule has 0 saturated carbocycles. The van der Waals surface area contributed by atoms with Crippen molar-refractivity contribution in [1.29, 1.82) is 0 Å². The summed E-state index contributed by atoms with van der Waals surface area (Å²) in [6.45, 7) is 0.598. The normalized spacial score (nSPS) is 11.5. The Bertz CT molecular complexity index is 1140. The number of rotatable bonds is 8. The molecule has 150 valence electrons. The van der Waals surface area contributed by atoms with Crippen LogP contribution < -0.4 is 4.74 Å². The molecule has 0 unspecified atom stereocenters. The van der Waals surface area contributed by atoms with Crippen molar-refractivity contribution in [2.75, 3.05) is 6.61 Å². The Morgan fingerprint density at radius 3 is 2.77 bits per heavy atom. The van der Waals surface area contributed by atoms with Crippen LogP contribution in [0.4, 0.5) is 0 Å². The number of hydrogen-bond acceptors (Lipinski definition) is 3.